The van der Waals surface area contributed by atoms with Crippen molar-refractivity contribution in [2.75, 3.05) is 12.4 Å². The van der Waals surface area contributed by atoms with Gasteiger partial charge in [0.1, 0.15) is 0 Å². The number of thioether (sulfide) groups is 1. The van der Waals surface area contributed by atoms with Crippen molar-refractivity contribution < 1.29 is 4.74 Å². The van der Waals surface area contributed by atoms with Crippen molar-refractivity contribution in [1.82, 2.24) is 0 Å². The van der Waals surface area contributed by atoms with Crippen molar-refractivity contribution in [2.24, 2.45) is 5.73 Å². The van der Waals surface area contributed by atoms with Gasteiger partial charge in [0.15, 0.2) is 0 Å². The number of rotatable bonds is 8. The molecule has 0 aliphatic rings. The minimum atomic E-state index is -0.630. The van der Waals surface area contributed by atoms with Crippen LogP contribution in [0.3, 0.4) is 0 Å². The molecule has 0 heterocycles. The fourth-order valence-corrected chi connectivity index (χ4v) is 3.18. The van der Waals surface area contributed by atoms with Crippen molar-refractivity contribution in [1.29, 1.82) is 5.26 Å². The van der Waals surface area contributed by atoms with Crippen molar-refractivity contribution in [3.8, 4) is 6.07 Å². The number of nitriles is 1. The molecule has 0 saturated carbocycles. The first-order valence-corrected chi connectivity index (χ1v) is 8.95. The molecule has 0 bridgehead atoms. The molecular weight excluding hydrogens is 316 g/mol. The van der Waals surface area contributed by atoms with E-state index in [9.17, 15) is 5.26 Å². The van der Waals surface area contributed by atoms with Crippen LogP contribution in [0.4, 0.5) is 0 Å². The van der Waals surface area contributed by atoms with E-state index >= 15 is 0 Å². The highest BCUT2D eigenvalue weighted by Crippen LogP contribution is 2.31. The molecule has 0 aliphatic carbocycles. The molecule has 2 aromatic carbocycles. The van der Waals surface area contributed by atoms with Gasteiger partial charge in [0.25, 0.3) is 0 Å². The van der Waals surface area contributed by atoms with E-state index in [1.54, 1.807) is 11.8 Å². The molecule has 3 nitrogen and oxygen atoms in total. The lowest BCUT2D eigenvalue weighted by atomic mass is 9.94. The van der Waals surface area contributed by atoms with E-state index in [1.165, 1.54) is 0 Å². The predicted octanol–water partition coefficient (Wildman–Crippen LogP) is 4.09. The first-order valence-electron chi connectivity index (χ1n) is 7.96. The Morgan fingerprint density at radius 1 is 1.04 bits per heavy atom. The Hall–Kier alpha value is -1.80. The summed E-state index contributed by atoms with van der Waals surface area (Å²) in [6, 6.07) is 22.3. The fraction of sp³-hybridized carbons (Fsp3) is 0.350. The van der Waals surface area contributed by atoms with E-state index < -0.39 is 10.3 Å². The Labute approximate surface area is 148 Å². The molecule has 0 saturated heterocycles. The summed E-state index contributed by atoms with van der Waals surface area (Å²) in [6.45, 7) is 4.75. The van der Waals surface area contributed by atoms with E-state index in [0.29, 0.717) is 19.0 Å². The van der Waals surface area contributed by atoms with Gasteiger partial charge in [-0.2, -0.15) is 5.26 Å². The maximum atomic E-state index is 9.24. The van der Waals surface area contributed by atoms with Gasteiger partial charge in [-0.3, -0.25) is 0 Å². The third-order valence-corrected chi connectivity index (χ3v) is 5.25. The van der Waals surface area contributed by atoms with Gasteiger partial charge in [-0.1, -0.05) is 60.7 Å². The first-order chi connectivity index (χ1) is 11.5. The van der Waals surface area contributed by atoms with E-state index in [2.05, 4.69) is 6.07 Å². The molecule has 1 unspecified atom stereocenters. The van der Waals surface area contributed by atoms with Crippen LogP contribution >= 0.6 is 11.8 Å². The summed E-state index contributed by atoms with van der Waals surface area (Å²) in [5.41, 5.74) is 8.21. The average Bonchev–Trinajstić information content (AvgIpc) is 2.62. The summed E-state index contributed by atoms with van der Waals surface area (Å²) < 4.78 is 5.44. The molecule has 2 aromatic rings. The van der Waals surface area contributed by atoms with Crippen LogP contribution in [-0.4, -0.2) is 17.1 Å². The third-order valence-electron chi connectivity index (χ3n) is 3.78. The molecule has 0 spiro atoms. The van der Waals surface area contributed by atoms with Gasteiger partial charge in [-0.05, 0) is 25.0 Å². The van der Waals surface area contributed by atoms with Crippen LogP contribution in [0.15, 0.2) is 60.7 Å². The summed E-state index contributed by atoms with van der Waals surface area (Å²) in [5.74, 6) is 0.617. The molecule has 4 heteroatoms. The maximum Gasteiger partial charge on any atom is 0.0968 e. The molecule has 2 N–H and O–H groups in total. The highest BCUT2D eigenvalue weighted by Gasteiger charge is 2.31. The van der Waals surface area contributed by atoms with Crippen molar-refractivity contribution >= 4 is 11.8 Å². The molecule has 1 atom stereocenters. The Morgan fingerprint density at radius 3 is 2.21 bits per heavy atom. The van der Waals surface area contributed by atoms with Crippen LogP contribution in [0, 0.1) is 11.3 Å². The molecule has 2 rings (SSSR count). The second-order valence-electron chi connectivity index (χ2n) is 6.41. The van der Waals surface area contributed by atoms with Crippen molar-refractivity contribution in [2.45, 2.75) is 30.7 Å². The monoisotopic (exact) mass is 340 g/mol. The van der Waals surface area contributed by atoms with Gasteiger partial charge >= 0.3 is 0 Å². The fourth-order valence-electron chi connectivity index (χ4n) is 2.25. The zero-order chi connectivity index (χ0) is 17.5. The highest BCUT2D eigenvalue weighted by molar-refractivity contribution is 8.00. The predicted molar refractivity (Wildman–Crippen MR) is 101 cm³/mol. The number of nitrogens with two attached hydrogens (primary N) is 1. The van der Waals surface area contributed by atoms with Crippen LogP contribution in [0.2, 0.25) is 0 Å². The summed E-state index contributed by atoms with van der Waals surface area (Å²) in [7, 11) is 0. The molecular formula is C20H24N2OS. The van der Waals surface area contributed by atoms with Crippen LogP contribution in [0.5, 0.6) is 0 Å². The molecule has 0 fully saturated rings. The first kappa shape index (κ1) is 18.5. The number of benzene rings is 2. The van der Waals surface area contributed by atoms with E-state index in [1.807, 2.05) is 74.5 Å². The van der Waals surface area contributed by atoms with E-state index in [0.717, 1.165) is 11.1 Å². The zero-order valence-electron chi connectivity index (χ0n) is 14.2. The molecule has 0 aromatic heterocycles. The second kappa shape index (κ2) is 8.34. The Kier molecular flexibility index (Phi) is 6.44. The number of hydrogen-bond donors (Lipinski definition) is 1. The summed E-state index contributed by atoms with van der Waals surface area (Å²) in [5, 5.41) is 9.24. The van der Waals surface area contributed by atoms with Gasteiger partial charge in [0.2, 0.25) is 0 Å². The number of nitrogens with zero attached hydrogens (tertiary/aromatic N) is 1. The van der Waals surface area contributed by atoms with E-state index in [4.69, 9.17) is 10.5 Å². The van der Waals surface area contributed by atoms with E-state index in [-0.39, 0.29) is 0 Å². The Morgan fingerprint density at radius 2 is 1.62 bits per heavy atom. The van der Waals surface area contributed by atoms with Crippen LogP contribution in [0.25, 0.3) is 0 Å². The zero-order valence-corrected chi connectivity index (χ0v) is 15.1. The largest absolute Gasteiger partial charge is 0.374 e. The third kappa shape index (κ3) is 5.38. The van der Waals surface area contributed by atoms with Crippen molar-refractivity contribution in [3.63, 3.8) is 0 Å². The molecule has 0 amide bonds. The van der Waals surface area contributed by atoms with Gasteiger partial charge in [0, 0.05) is 5.75 Å². The van der Waals surface area contributed by atoms with Gasteiger partial charge in [-0.15, -0.1) is 11.8 Å². The van der Waals surface area contributed by atoms with Gasteiger partial charge < -0.3 is 10.5 Å². The number of hydrogen-bond acceptors (Lipinski definition) is 4. The molecule has 126 valence electrons. The lowest BCUT2D eigenvalue weighted by Gasteiger charge is -2.31. The minimum Gasteiger partial charge on any atom is -0.374 e. The standard InChI is InChI=1S/C20H24N2OS/c1-19(2,14-21)24-16-20(22,18-11-7-4-8-12-18)15-23-13-17-9-5-3-6-10-17/h3-12H,13,15-16,22H2,1-2H3. The summed E-state index contributed by atoms with van der Waals surface area (Å²) in [6.07, 6.45) is 0. The molecule has 24 heavy (non-hydrogen) atoms. The van der Waals surface area contributed by atoms with Gasteiger partial charge in [-0.25, -0.2) is 0 Å². The summed E-state index contributed by atoms with van der Waals surface area (Å²) >= 11 is 1.56. The average molecular weight is 340 g/mol. The Balaban J connectivity index is 2.07. The topological polar surface area (TPSA) is 59.0 Å². The minimum absolute atomic E-state index is 0.403. The lowest BCUT2D eigenvalue weighted by Crippen LogP contribution is -2.45. The van der Waals surface area contributed by atoms with Crippen LogP contribution < -0.4 is 5.73 Å². The normalized spacial score (nSPS) is 13.9. The SMILES string of the molecule is CC(C)(C#N)SCC(N)(COCc1ccccc1)c1ccccc1. The van der Waals surface area contributed by atoms with Crippen LogP contribution in [0.1, 0.15) is 25.0 Å². The summed E-state index contributed by atoms with van der Waals surface area (Å²) in [4.78, 5) is 0. The Bertz CT molecular complexity index is 667. The molecule has 0 aliphatic heterocycles. The smallest absolute Gasteiger partial charge is 0.0968 e. The highest BCUT2D eigenvalue weighted by atomic mass is 32.2. The molecule has 0 radical (unpaired) electrons. The van der Waals surface area contributed by atoms with Crippen LogP contribution in [-0.2, 0) is 16.9 Å². The quantitative estimate of drug-likeness (QED) is 0.786. The second-order valence-corrected chi connectivity index (χ2v) is 8.01. The maximum absolute atomic E-state index is 9.24. The van der Waals surface area contributed by atoms with Crippen molar-refractivity contribution in [3.05, 3.63) is 71.8 Å². The lowest BCUT2D eigenvalue weighted by molar-refractivity contribution is 0.0800. The number of ether oxygens (including phenoxy) is 1. The van der Waals surface area contributed by atoms with Gasteiger partial charge in [0.05, 0.1) is 29.6 Å².